The number of nitrogens with one attached hydrogen (secondary N) is 1. The van der Waals surface area contributed by atoms with Gasteiger partial charge in [0.1, 0.15) is 11.6 Å². The quantitative estimate of drug-likeness (QED) is 0.887. The summed E-state index contributed by atoms with van der Waals surface area (Å²) in [4.78, 5) is 2.29. The third kappa shape index (κ3) is 3.60. The molecule has 106 valence electrons. The smallest absolute Gasteiger partial charge is 0.145 e. The largest absolute Gasteiger partial charge is 0.494 e. The highest BCUT2D eigenvalue weighted by Gasteiger charge is 2.21. The average molecular weight is 266 g/mol. The lowest BCUT2D eigenvalue weighted by Gasteiger charge is -2.35. The zero-order valence-corrected chi connectivity index (χ0v) is 11.8. The van der Waals surface area contributed by atoms with E-state index in [-0.39, 0.29) is 5.82 Å². The number of rotatable bonds is 5. The van der Waals surface area contributed by atoms with Crippen molar-refractivity contribution in [2.75, 3.05) is 31.6 Å². The fraction of sp³-hybridized carbons (Fsp3) is 0.600. The Balaban J connectivity index is 2.08. The lowest BCUT2D eigenvalue weighted by Crippen LogP contribution is -2.46. The third-order valence-electron chi connectivity index (χ3n) is 3.59. The van der Waals surface area contributed by atoms with Gasteiger partial charge in [-0.1, -0.05) is 6.92 Å². The van der Waals surface area contributed by atoms with Crippen molar-refractivity contribution in [2.45, 2.75) is 32.2 Å². The summed E-state index contributed by atoms with van der Waals surface area (Å²) in [5.41, 5.74) is 0.992. The van der Waals surface area contributed by atoms with Gasteiger partial charge in [-0.15, -0.1) is 0 Å². The van der Waals surface area contributed by atoms with Gasteiger partial charge in [0.25, 0.3) is 0 Å². The highest BCUT2D eigenvalue weighted by atomic mass is 19.1. The van der Waals surface area contributed by atoms with Crippen LogP contribution in [0.2, 0.25) is 0 Å². The minimum Gasteiger partial charge on any atom is -0.494 e. The molecule has 1 fully saturated rings. The third-order valence-corrected chi connectivity index (χ3v) is 3.59. The lowest BCUT2D eigenvalue weighted by atomic mass is 10.0. The first-order chi connectivity index (χ1) is 9.24. The van der Waals surface area contributed by atoms with Crippen LogP contribution in [-0.4, -0.2) is 32.8 Å². The Morgan fingerprint density at radius 2 is 2.32 bits per heavy atom. The van der Waals surface area contributed by atoms with E-state index in [4.69, 9.17) is 4.74 Å². The predicted molar refractivity (Wildman–Crippen MR) is 76.5 cm³/mol. The first-order valence-corrected chi connectivity index (χ1v) is 7.06. The van der Waals surface area contributed by atoms with E-state index in [1.54, 1.807) is 7.11 Å². The minimum absolute atomic E-state index is 0.252. The monoisotopic (exact) mass is 266 g/mol. The molecule has 1 unspecified atom stereocenters. The van der Waals surface area contributed by atoms with Crippen LogP contribution in [0.4, 0.5) is 10.1 Å². The van der Waals surface area contributed by atoms with E-state index >= 15 is 0 Å². The molecule has 1 aromatic rings. The van der Waals surface area contributed by atoms with E-state index in [0.717, 1.165) is 38.2 Å². The fourth-order valence-electron chi connectivity index (χ4n) is 2.62. The van der Waals surface area contributed by atoms with E-state index in [2.05, 4.69) is 17.1 Å². The zero-order valence-electron chi connectivity index (χ0n) is 11.8. The highest BCUT2D eigenvalue weighted by Crippen LogP contribution is 2.30. The number of methoxy groups -OCH3 is 1. The summed E-state index contributed by atoms with van der Waals surface area (Å²) in [6.45, 7) is 5.20. The van der Waals surface area contributed by atoms with Gasteiger partial charge in [-0.05, 0) is 37.9 Å². The highest BCUT2D eigenvalue weighted by molar-refractivity contribution is 5.59. The van der Waals surface area contributed by atoms with Gasteiger partial charge >= 0.3 is 0 Å². The van der Waals surface area contributed by atoms with Crippen LogP contribution in [0.15, 0.2) is 18.2 Å². The molecule has 0 spiro atoms. The molecular weight excluding hydrogens is 243 g/mol. The van der Waals surface area contributed by atoms with Crippen molar-refractivity contribution >= 4 is 5.69 Å². The number of hydrogen-bond donors (Lipinski definition) is 1. The maximum absolute atomic E-state index is 13.2. The molecule has 0 aliphatic carbocycles. The molecule has 1 aliphatic heterocycles. The van der Waals surface area contributed by atoms with Crippen molar-refractivity contribution in [2.24, 2.45) is 0 Å². The van der Waals surface area contributed by atoms with Crippen LogP contribution in [0, 0.1) is 5.82 Å². The van der Waals surface area contributed by atoms with Crippen LogP contribution in [0.1, 0.15) is 26.2 Å². The molecule has 3 nitrogen and oxygen atoms in total. The standard InChI is InChI=1S/C15H23FN2O/c1-3-8-17-13-5-4-9-18(11-13)14-7-6-12(16)10-15(14)19-2/h6-7,10,13,17H,3-5,8-9,11H2,1-2H3. The molecule has 19 heavy (non-hydrogen) atoms. The Kier molecular flexibility index (Phi) is 5.02. The van der Waals surface area contributed by atoms with Gasteiger partial charge in [-0.25, -0.2) is 4.39 Å². The maximum atomic E-state index is 13.2. The van der Waals surface area contributed by atoms with Crippen molar-refractivity contribution < 1.29 is 9.13 Å². The molecule has 2 rings (SSSR count). The number of halogens is 1. The van der Waals surface area contributed by atoms with Crippen molar-refractivity contribution in [3.63, 3.8) is 0 Å². The Labute approximate surface area is 114 Å². The summed E-state index contributed by atoms with van der Waals surface area (Å²) in [5, 5.41) is 3.56. The van der Waals surface area contributed by atoms with Crippen LogP contribution < -0.4 is 15.0 Å². The van der Waals surface area contributed by atoms with E-state index in [9.17, 15) is 4.39 Å². The molecule has 0 saturated carbocycles. The Hall–Kier alpha value is -1.29. The number of benzene rings is 1. The second-order valence-corrected chi connectivity index (χ2v) is 5.06. The molecule has 1 saturated heterocycles. The molecule has 1 atom stereocenters. The fourth-order valence-corrected chi connectivity index (χ4v) is 2.62. The summed E-state index contributed by atoms with van der Waals surface area (Å²) in [5.74, 6) is 0.370. The Bertz CT molecular complexity index is 411. The van der Waals surface area contributed by atoms with Gasteiger partial charge in [0, 0.05) is 25.2 Å². The molecule has 1 N–H and O–H groups in total. The van der Waals surface area contributed by atoms with E-state index in [1.165, 1.54) is 18.6 Å². The minimum atomic E-state index is -0.252. The zero-order chi connectivity index (χ0) is 13.7. The number of hydrogen-bond acceptors (Lipinski definition) is 3. The second-order valence-electron chi connectivity index (χ2n) is 5.06. The molecule has 0 bridgehead atoms. The predicted octanol–water partition coefficient (Wildman–Crippen LogP) is 2.80. The molecule has 0 aromatic heterocycles. The molecule has 1 aromatic carbocycles. The summed E-state index contributed by atoms with van der Waals surface area (Å²) in [6.07, 6.45) is 3.51. The first-order valence-electron chi connectivity index (χ1n) is 7.06. The maximum Gasteiger partial charge on any atom is 0.145 e. The number of ether oxygens (including phenoxy) is 1. The van der Waals surface area contributed by atoms with Gasteiger partial charge in [-0.3, -0.25) is 0 Å². The van der Waals surface area contributed by atoms with Crippen molar-refractivity contribution in [1.29, 1.82) is 0 Å². The van der Waals surface area contributed by atoms with Gasteiger partial charge in [0.15, 0.2) is 0 Å². The van der Waals surface area contributed by atoms with E-state index in [0.29, 0.717) is 11.8 Å². The normalized spacial score (nSPS) is 19.5. The Morgan fingerprint density at radius 1 is 1.47 bits per heavy atom. The Morgan fingerprint density at radius 3 is 3.05 bits per heavy atom. The van der Waals surface area contributed by atoms with Gasteiger partial charge < -0.3 is 15.0 Å². The van der Waals surface area contributed by atoms with Gasteiger partial charge in [0.2, 0.25) is 0 Å². The van der Waals surface area contributed by atoms with Crippen LogP contribution in [0.25, 0.3) is 0 Å². The van der Waals surface area contributed by atoms with Crippen LogP contribution in [0.3, 0.4) is 0 Å². The molecule has 0 radical (unpaired) electrons. The average Bonchev–Trinajstić information content (AvgIpc) is 2.45. The van der Waals surface area contributed by atoms with Gasteiger partial charge in [0.05, 0.1) is 12.8 Å². The summed E-state index contributed by atoms with van der Waals surface area (Å²) >= 11 is 0. The molecule has 4 heteroatoms. The molecule has 1 aliphatic rings. The topological polar surface area (TPSA) is 24.5 Å². The van der Waals surface area contributed by atoms with E-state index < -0.39 is 0 Å². The van der Waals surface area contributed by atoms with E-state index in [1.807, 2.05) is 6.07 Å². The van der Waals surface area contributed by atoms with Crippen molar-refractivity contribution in [3.05, 3.63) is 24.0 Å². The first kappa shape index (κ1) is 14.1. The summed E-state index contributed by atoms with van der Waals surface area (Å²) in [6, 6.07) is 5.29. The second kappa shape index (κ2) is 6.75. The van der Waals surface area contributed by atoms with Crippen molar-refractivity contribution in [1.82, 2.24) is 5.32 Å². The number of nitrogens with zero attached hydrogens (tertiary/aromatic N) is 1. The van der Waals surface area contributed by atoms with Crippen molar-refractivity contribution in [3.8, 4) is 5.75 Å². The van der Waals surface area contributed by atoms with Crippen LogP contribution >= 0.6 is 0 Å². The molecular formula is C15H23FN2O. The lowest BCUT2D eigenvalue weighted by molar-refractivity contribution is 0.398. The summed E-state index contributed by atoms with van der Waals surface area (Å²) in [7, 11) is 1.59. The van der Waals surface area contributed by atoms with Crippen LogP contribution in [-0.2, 0) is 0 Å². The number of anilines is 1. The van der Waals surface area contributed by atoms with Crippen LogP contribution in [0.5, 0.6) is 5.75 Å². The summed E-state index contributed by atoms with van der Waals surface area (Å²) < 4.78 is 18.5. The number of piperidine rings is 1. The molecule has 1 heterocycles. The van der Waals surface area contributed by atoms with Gasteiger partial charge in [-0.2, -0.15) is 0 Å². The molecule has 0 amide bonds. The SMILES string of the molecule is CCCNC1CCCN(c2ccc(F)cc2OC)C1.